The van der Waals surface area contributed by atoms with Crippen LogP contribution in [-0.2, 0) is 19.9 Å². The zero-order valence-electron chi connectivity index (χ0n) is 17.4. The Hall–Kier alpha value is -2.52. The van der Waals surface area contributed by atoms with E-state index in [0.717, 1.165) is 4.90 Å². The van der Waals surface area contributed by atoms with Crippen molar-refractivity contribution in [1.29, 1.82) is 0 Å². The second-order valence-electron chi connectivity index (χ2n) is 7.14. The van der Waals surface area contributed by atoms with Crippen molar-refractivity contribution in [3.63, 3.8) is 0 Å². The Labute approximate surface area is 170 Å². The van der Waals surface area contributed by atoms with Crippen LogP contribution in [0.25, 0.3) is 0 Å². The van der Waals surface area contributed by atoms with Crippen LogP contribution in [0.4, 0.5) is 4.79 Å². The van der Waals surface area contributed by atoms with Crippen molar-refractivity contribution in [2.75, 3.05) is 28.3 Å². The molecule has 1 rings (SSSR count). The van der Waals surface area contributed by atoms with Crippen LogP contribution in [0.5, 0.6) is 0 Å². The molecule has 9 heteroatoms. The Bertz CT molecular complexity index is 739. The van der Waals surface area contributed by atoms with Crippen molar-refractivity contribution in [2.45, 2.75) is 31.1 Å². The summed E-state index contributed by atoms with van der Waals surface area (Å²) >= 11 is 1.19. The average molecular weight is 409 g/mol. The molecule has 0 aliphatic rings. The van der Waals surface area contributed by atoms with Crippen LogP contribution < -0.4 is 5.48 Å². The smallest absolute Gasteiger partial charge is 0.343 e. The Kier molecular flexibility index (Phi) is 8.52. The largest absolute Gasteiger partial charge is 0.446 e. The quantitative estimate of drug-likeness (QED) is 0.323. The summed E-state index contributed by atoms with van der Waals surface area (Å²) in [6.45, 7) is 10.0. The highest BCUT2D eigenvalue weighted by molar-refractivity contribution is 7.97. The molecule has 0 aromatic heterocycles. The lowest BCUT2D eigenvalue weighted by atomic mass is 9.87. The van der Waals surface area contributed by atoms with Gasteiger partial charge in [-0.25, -0.2) is 9.10 Å². The third-order valence-corrected chi connectivity index (χ3v) is 4.46. The molecule has 0 spiro atoms. The van der Waals surface area contributed by atoms with E-state index in [4.69, 9.17) is 9.68 Å². The van der Waals surface area contributed by atoms with Gasteiger partial charge in [-0.2, -0.15) is 0 Å². The number of hydrogen-bond donors (Lipinski definition) is 1. The molecule has 2 amide bonds. The molecule has 0 aliphatic heterocycles. The molecule has 1 aromatic rings. The molecule has 0 atom stereocenters. The fraction of sp³-hybridized carbons (Fsp3) is 0.421. The maximum atomic E-state index is 12.2. The number of nitrogens with zero attached hydrogens (tertiary/aromatic N) is 3. The lowest BCUT2D eigenvalue weighted by Crippen LogP contribution is -2.35. The van der Waals surface area contributed by atoms with Gasteiger partial charge in [-0.1, -0.05) is 44.6 Å². The molecule has 0 radical (unpaired) electrons. The fourth-order valence-electron chi connectivity index (χ4n) is 1.96. The zero-order chi connectivity index (χ0) is 21.5. The molecule has 1 aromatic carbocycles. The van der Waals surface area contributed by atoms with Gasteiger partial charge in [-0.15, -0.1) is 0 Å². The highest BCUT2D eigenvalue weighted by Crippen LogP contribution is 2.27. The van der Waals surface area contributed by atoms with Gasteiger partial charge in [-0.05, 0) is 35.1 Å². The first-order valence-electron chi connectivity index (χ1n) is 8.48. The first kappa shape index (κ1) is 23.5. The van der Waals surface area contributed by atoms with E-state index in [9.17, 15) is 9.59 Å². The van der Waals surface area contributed by atoms with Crippen molar-refractivity contribution in [3.8, 4) is 0 Å². The normalized spacial score (nSPS) is 11.6. The lowest BCUT2D eigenvalue weighted by Gasteiger charge is -2.20. The molecule has 0 unspecified atom stereocenters. The molecule has 154 valence electrons. The van der Waals surface area contributed by atoms with Crippen LogP contribution in [0, 0.1) is 0 Å². The number of carbonyl (C=O) groups is 2. The molecule has 8 nitrogen and oxygen atoms in total. The molecule has 0 aliphatic carbocycles. The van der Waals surface area contributed by atoms with Gasteiger partial charge in [0.2, 0.25) is 0 Å². The Morgan fingerprint density at radius 2 is 1.71 bits per heavy atom. The topological polar surface area (TPSA) is 83.5 Å². The number of carbonyl (C=O) groups excluding carboxylic acids is 2. The van der Waals surface area contributed by atoms with E-state index in [1.807, 2.05) is 24.3 Å². The molecule has 1 N–H and O–H groups in total. The number of amides is 2. The fourth-order valence-corrected chi connectivity index (χ4v) is 2.64. The van der Waals surface area contributed by atoms with E-state index in [1.54, 1.807) is 21.1 Å². The summed E-state index contributed by atoms with van der Waals surface area (Å²) in [6, 6.07) is 7.91. The summed E-state index contributed by atoms with van der Waals surface area (Å²) < 4.78 is 1.28. The summed E-state index contributed by atoms with van der Waals surface area (Å²) in [5.74, 6) is -0.490. The standard InChI is InChI=1S/C19H28N4O4S/c1-13(20-26-8)16(17(24)22(5)6)21-27-18(25)23(7)28-15-11-9-14(10-12-15)19(2,3)4/h9-12,20H,1H2,2-8H3. The Balaban J connectivity index is 2.82. The second-order valence-corrected chi connectivity index (χ2v) is 8.35. The minimum absolute atomic E-state index is 0.0523. The lowest BCUT2D eigenvalue weighted by molar-refractivity contribution is -0.121. The molecule has 28 heavy (non-hydrogen) atoms. The zero-order valence-corrected chi connectivity index (χ0v) is 18.2. The van der Waals surface area contributed by atoms with Gasteiger partial charge in [0.25, 0.3) is 5.91 Å². The van der Waals surface area contributed by atoms with Gasteiger partial charge in [0.05, 0.1) is 12.8 Å². The monoisotopic (exact) mass is 408 g/mol. The number of rotatable bonds is 7. The van der Waals surface area contributed by atoms with Crippen molar-refractivity contribution in [1.82, 2.24) is 14.7 Å². The van der Waals surface area contributed by atoms with Crippen LogP contribution >= 0.6 is 11.9 Å². The highest BCUT2D eigenvalue weighted by Gasteiger charge is 2.21. The van der Waals surface area contributed by atoms with E-state index in [1.165, 1.54) is 33.8 Å². The molecule has 0 bridgehead atoms. The van der Waals surface area contributed by atoms with Gasteiger partial charge < -0.3 is 4.90 Å². The maximum absolute atomic E-state index is 12.2. The summed E-state index contributed by atoms with van der Waals surface area (Å²) in [5.41, 5.74) is 3.56. The van der Waals surface area contributed by atoms with Crippen LogP contribution in [-0.4, -0.2) is 55.2 Å². The van der Waals surface area contributed by atoms with Crippen LogP contribution in [0.15, 0.2) is 46.6 Å². The predicted octanol–water partition coefficient (Wildman–Crippen LogP) is 3.17. The highest BCUT2D eigenvalue weighted by atomic mass is 32.2. The van der Waals surface area contributed by atoms with Gasteiger partial charge in [-0.3, -0.25) is 19.9 Å². The summed E-state index contributed by atoms with van der Waals surface area (Å²) in [7, 11) is 6.01. The van der Waals surface area contributed by atoms with Crippen molar-refractivity contribution >= 4 is 29.7 Å². The van der Waals surface area contributed by atoms with Crippen LogP contribution in [0.2, 0.25) is 0 Å². The average Bonchev–Trinajstić information content (AvgIpc) is 2.61. The van der Waals surface area contributed by atoms with Crippen LogP contribution in [0.1, 0.15) is 26.3 Å². The number of nitrogens with one attached hydrogen (secondary N) is 1. The van der Waals surface area contributed by atoms with E-state index in [2.05, 4.69) is 38.0 Å². The van der Waals surface area contributed by atoms with E-state index in [-0.39, 0.29) is 16.8 Å². The van der Waals surface area contributed by atoms with Crippen molar-refractivity contribution in [3.05, 3.63) is 42.1 Å². The molecule has 0 saturated heterocycles. The molecular formula is C19H28N4O4S. The minimum Gasteiger partial charge on any atom is -0.343 e. The Morgan fingerprint density at radius 1 is 1.14 bits per heavy atom. The van der Waals surface area contributed by atoms with Crippen molar-refractivity contribution < 1.29 is 19.3 Å². The first-order valence-corrected chi connectivity index (χ1v) is 9.25. The molecule has 0 fully saturated rings. The Morgan fingerprint density at radius 3 is 2.18 bits per heavy atom. The van der Waals surface area contributed by atoms with Gasteiger partial charge in [0.1, 0.15) is 0 Å². The van der Waals surface area contributed by atoms with Crippen molar-refractivity contribution in [2.24, 2.45) is 5.16 Å². The van der Waals surface area contributed by atoms with Crippen LogP contribution in [0.3, 0.4) is 0 Å². The van der Waals surface area contributed by atoms with Gasteiger partial charge in [0, 0.05) is 26.0 Å². The summed E-state index contributed by atoms with van der Waals surface area (Å²) in [5, 5.41) is 3.65. The van der Waals surface area contributed by atoms with E-state index in [0.29, 0.717) is 0 Å². The minimum atomic E-state index is -0.737. The summed E-state index contributed by atoms with van der Waals surface area (Å²) in [4.78, 5) is 36.2. The molecule has 0 saturated carbocycles. The number of benzene rings is 1. The first-order chi connectivity index (χ1) is 13.0. The van der Waals surface area contributed by atoms with Gasteiger partial charge >= 0.3 is 6.09 Å². The maximum Gasteiger partial charge on any atom is 0.446 e. The SMILES string of the molecule is C=C(NOC)C(=NOC(=O)N(C)Sc1ccc(C(C)(C)C)cc1)C(=O)N(C)C. The predicted molar refractivity (Wildman–Crippen MR) is 111 cm³/mol. The van der Waals surface area contributed by atoms with E-state index < -0.39 is 12.0 Å². The summed E-state index contributed by atoms with van der Waals surface area (Å²) in [6.07, 6.45) is -0.737. The van der Waals surface area contributed by atoms with Gasteiger partial charge in [0.15, 0.2) is 5.71 Å². The molecular weight excluding hydrogens is 380 g/mol. The number of hydrogen-bond acceptors (Lipinski definition) is 7. The number of hydroxylamine groups is 1. The number of oxime groups is 1. The second kappa shape index (κ2) is 10.1. The third-order valence-electron chi connectivity index (χ3n) is 3.55. The third kappa shape index (κ3) is 6.90. The van der Waals surface area contributed by atoms with E-state index >= 15 is 0 Å². The molecule has 0 heterocycles.